The number of anilines is 1. The molecule has 0 unspecified atom stereocenters. The van der Waals surface area contributed by atoms with Crippen molar-refractivity contribution in [1.82, 2.24) is 5.32 Å². The van der Waals surface area contributed by atoms with Crippen molar-refractivity contribution in [3.8, 4) is 0 Å². The fourth-order valence-electron chi connectivity index (χ4n) is 3.50. The number of thiophene rings is 1. The van der Waals surface area contributed by atoms with Gasteiger partial charge in [-0.3, -0.25) is 4.79 Å². The van der Waals surface area contributed by atoms with E-state index in [0.29, 0.717) is 6.04 Å². The lowest BCUT2D eigenvalue weighted by Gasteiger charge is -2.19. The van der Waals surface area contributed by atoms with E-state index in [1.54, 1.807) is 0 Å². The van der Waals surface area contributed by atoms with Crippen LogP contribution in [0.4, 0.5) is 5.69 Å². The van der Waals surface area contributed by atoms with E-state index in [9.17, 15) is 4.79 Å². The summed E-state index contributed by atoms with van der Waals surface area (Å²) in [5.74, 6) is 0.859. The molecule has 4 heteroatoms. The summed E-state index contributed by atoms with van der Waals surface area (Å²) >= 11 is 1.46. The molecule has 0 bridgehead atoms. The summed E-state index contributed by atoms with van der Waals surface area (Å²) in [6.07, 6.45) is 6.83. The summed E-state index contributed by atoms with van der Waals surface area (Å²) in [4.78, 5) is 13.0. The van der Waals surface area contributed by atoms with E-state index in [1.807, 2.05) is 35.7 Å². The quantitative estimate of drug-likeness (QED) is 0.738. The molecule has 1 aromatic carbocycles. The lowest BCUT2D eigenvalue weighted by atomic mass is 9.99. The summed E-state index contributed by atoms with van der Waals surface area (Å²) in [5.41, 5.74) is 2.04. The van der Waals surface area contributed by atoms with Gasteiger partial charge in [-0.25, -0.2) is 0 Å². The molecule has 24 heavy (non-hydrogen) atoms. The molecule has 1 heterocycles. The van der Waals surface area contributed by atoms with Crippen LogP contribution in [0, 0.1) is 5.92 Å². The average Bonchev–Trinajstić information content (AvgIpc) is 3.27. The molecule has 1 saturated carbocycles. The van der Waals surface area contributed by atoms with Crippen LogP contribution in [-0.2, 0) is 6.54 Å². The third-order valence-corrected chi connectivity index (χ3v) is 5.68. The Kier molecular flexibility index (Phi) is 6.05. The first-order valence-corrected chi connectivity index (χ1v) is 9.76. The van der Waals surface area contributed by atoms with Crippen LogP contribution in [0.1, 0.15) is 54.3 Å². The molecule has 1 aromatic heterocycles. The first-order valence-electron chi connectivity index (χ1n) is 8.88. The zero-order valence-corrected chi connectivity index (χ0v) is 15.1. The van der Waals surface area contributed by atoms with Crippen molar-refractivity contribution in [3.05, 3.63) is 52.2 Å². The van der Waals surface area contributed by atoms with Crippen LogP contribution < -0.4 is 10.6 Å². The Morgan fingerprint density at radius 2 is 2.00 bits per heavy atom. The Labute approximate surface area is 148 Å². The fourth-order valence-corrected chi connectivity index (χ4v) is 4.12. The number of amides is 1. The molecular formula is C20H26N2OS. The van der Waals surface area contributed by atoms with E-state index in [-0.39, 0.29) is 5.91 Å². The number of para-hydroxylation sites is 1. The molecule has 1 fully saturated rings. The van der Waals surface area contributed by atoms with Gasteiger partial charge in [0.25, 0.3) is 5.91 Å². The normalized spacial score (nSPS) is 16.2. The van der Waals surface area contributed by atoms with Gasteiger partial charge in [0.2, 0.25) is 0 Å². The molecule has 1 aliphatic rings. The maximum absolute atomic E-state index is 12.3. The van der Waals surface area contributed by atoms with Crippen LogP contribution in [0.2, 0.25) is 0 Å². The van der Waals surface area contributed by atoms with E-state index in [1.165, 1.54) is 43.4 Å². The Morgan fingerprint density at radius 1 is 1.21 bits per heavy atom. The lowest BCUT2D eigenvalue weighted by molar-refractivity contribution is 0.103. The summed E-state index contributed by atoms with van der Waals surface area (Å²) < 4.78 is 0. The molecule has 0 aliphatic heterocycles. The predicted octanol–water partition coefficient (Wildman–Crippen LogP) is 5.06. The minimum Gasteiger partial charge on any atom is -0.321 e. The van der Waals surface area contributed by atoms with Crippen LogP contribution in [0.25, 0.3) is 0 Å². The van der Waals surface area contributed by atoms with Crippen molar-refractivity contribution in [3.63, 3.8) is 0 Å². The maximum atomic E-state index is 12.3. The van der Waals surface area contributed by atoms with Crippen LogP contribution in [0.15, 0.2) is 41.8 Å². The molecule has 3 nitrogen and oxygen atoms in total. The predicted molar refractivity (Wildman–Crippen MR) is 102 cm³/mol. The molecule has 3 rings (SSSR count). The third-order valence-electron chi connectivity index (χ3n) is 4.81. The fraction of sp³-hybridized carbons (Fsp3) is 0.450. The van der Waals surface area contributed by atoms with Crippen molar-refractivity contribution in [2.24, 2.45) is 5.92 Å². The van der Waals surface area contributed by atoms with Crippen molar-refractivity contribution < 1.29 is 4.79 Å². The second-order valence-corrected chi connectivity index (χ2v) is 7.70. The lowest BCUT2D eigenvalue weighted by Crippen LogP contribution is -2.28. The molecule has 0 spiro atoms. The molecule has 2 aromatic rings. The Morgan fingerprint density at radius 3 is 2.75 bits per heavy atom. The van der Waals surface area contributed by atoms with Gasteiger partial charge >= 0.3 is 0 Å². The van der Waals surface area contributed by atoms with E-state index >= 15 is 0 Å². The topological polar surface area (TPSA) is 41.1 Å². The van der Waals surface area contributed by atoms with Gasteiger partial charge in [-0.2, -0.15) is 0 Å². The standard InChI is InChI=1S/C20H26N2OS/c1-15(13-16-7-2-3-8-16)21-14-17-9-4-5-10-18(17)22-20(23)19-11-6-12-24-19/h4-6,9-12,15-16,21H,2-3,7-8,13-14H2,1H3,(H,22,23)/t15-/m0/s1. The molecule has 0 saturated heterocycles. The summed E-state index contributed by atoms with van der Waals surface area (Å²) in [5, 5.41) is 8.59. The highest BCUT2D eigenvalue weighted by Gasteiger charge is 2.18. The Hall–Kier alpha value is -1.65. The van der Waals surface area contributed by atoms with Gasteiger partial charge in [0.1, 0.15) is 0 Å². The zero-order valence-electron chi connectivity index (χ0n) is 14.3. The molecule has 1 amide bonds. The number of hydrogen-bond acceptors (Lipinski definition) is 3. The molecule has 2 N–H and O–H groups in total. The van der Waals surface area contributed by atoms with Gasteiger partial charge in [0.05, 0.1) is 4.88 Å². The van der Waals surface area contributed by atoms with Gasteiger partial charge in [0.15, 0.2) is 0 Å². The average molecular weight is 343 g/mol. The van der Waals surface area contributed by atoms with E-state index in [0.717, 1.165) is 28.6 Å². The molecule has 1 aliphatic carbocycles. The molecule has 1 atom stereocenters. The van der Waals surface area contributed by atoms with E-state index in [4.69, 9.17) is 0 Å². The van der Waals surface area contributed by atoms with Crippen LogP contribution in [0.5, 0.6) is 0 Å². The summed E-state index contributed by atoms with van der Waals surface area (Å²) in [6, 6.07) is 12.3. The highest BCUT2D eigenvalue weighted by Crippen LogP contribution is 2.28. The van der Waals surface area contributed by atoms with Gasteiger partial charge in [0, 0.05) is 18.3 Å². The molecular weight excluding hydrogens is 316 g/mol. The minimum atomic E-state index is -0.0311. The van der Waals surface area contributed by atoms with Crippen molar-refractivity contribution >= 4 is 22.9 Å². The Bertz CT molecular complexity index is 647. The van der Waals surface area contributed by atoms with Gasteiger partial charge in [-0.15, -0.1) is 11.3 Å². The van der Waals surface area contributed by atoms with Crippen LogP contribution in [-0.4, -0.2) is 11.9 Å². The number of carbonyl (C=O) groups is 1. The number of carbonyl (C=O) groups excluding carboxylic acids is 1. The molecule has 0 radical (unpaired) electrons. The van der Waals surface area contributed by atoms with E-state index in [2.05, 4.69) is 23.6 Å². The number of rotatable bonds is 7. The zero-order chi connectivity index (χ0) is 16.8. The number of benzene rings is 1. The van der Waals surface area contributed by atoms with Crippen LogP contribution in [0.3, 0.4) is 0 Å². The minimum absolute atomic E-state index is 0.0311. The monoisotopic (exact) mass is 342 g/mol. The number of nitrogens with one attached hydrogen (secondary N) is 2. The SMILES string of the molecule is C[C@@H](CC1CCCC1)NCc1ccccc1NC(=O)c1cccs1. The second kappa shape index (κ2) is 8.45. The van der Waals surface area contributed by atoms with Crippen molar-refractivity contribution in [2.75, 3.05) is 5.32 Å². The summed E-state index contributed by atoms with van der Waals surface area (Å²) in [6.45, 7) is 3.06. The van der Waals surface area contributed by atoms with Gasteiger partial charge in [-0.05, 0) is 42.3 Å². The highest BCUT2D eigenvalue weighted by molar-refractivity contribution is 7.12. The first-order chi connectivity index (χ1) is 11.7. The van der Waals surface area contributed by atoms with E-state index < -0.39 is 0 Å². The van der Waals surface area contributed by atoms with Gasteiger partial charge < -0.3 is 10.6 Å². The second-order valence-electron chi connectivity index (χ2n) is 6.76. The smallest absolute Gasteiger partial charge is 0.265 e. The van der Waals surface area contributed by atoms with Crippen molar-refractivity contribution in [1.29, 1.82) is 0 Å². The Balaban J connectivity index is 1.56. The van der Waals surface area contributed by atoms with Crippen LogP contribution >= 0.6 is 11.3 Å². The third kappa shape index (κ3) is 4.68. The van der Waals surface area contributed by atoms with Gasteiger partial charge in [-0.1, -0.05) is 49.9 Å². The maximum Gasteiger partial charge on any atom is 0.265 e. The number of hydrogen-bond donors (Lipinski definition) is 2. The summed E-state index contributed by atoms with van der Waals surface area (Å²) in [7, 11) is 0. The van der Waals surface area contributed by atoms with Crippen molar-refractivity contribution in [2.45, 2.75) is 51.6 Å². The first kappa shape index (κ1) is 17.2. The highest BCUT2D eigenvalue weighted by atomic mass is 32.1. The molecule has 128 valence electrons. The largest absolute Gasteiger partial charge is 0.321 e.